The summed E-state index contributed by atoms with van der Waals surface area (Å²) in [6.07, 6.45) is 75.5. The van der Waals surface area contributed by atoms with Crippen molar-refractivity contribution >= 4 is 17.9 Å². The van der Waals surface area contributed by atoms with Crippen molar-refractivity contribution in [1.82, 2.24) is 0 Å². The van der Waals surface area contributed by atoms with Crippen LogP contribution in [-0.2, 0) is 28.6 Å². The minimum atomic E-state index is -0.775. The molecule has 1 unspecified atom stereocenters. The van der Waals surface area contributed by atoms with Gasteiger partial charge in [-0.05, 0) is 77.0 Å². The van der Waals surface area contributed by atoms with Gasteiger partial charge in [0, 0.05) is 19.3 Å². The zero-order chi connectivity index (χ0) is 52.2. The van der Waals surface area contributed by atoms with E-state index in [-0.39, 0.29) is 31.1 Å². The Labute approximate surface area is 448 Å². The Morgan fingerprint density at radius 2 is 0.528 bits per heavy atom. The Balaban J connectivity index is 4.22. The molecule has 0 aliphatic heterocycles. The van der Waals surface area contributed by atoms with Gasteiger partial charge in [-0.2, -0.15) is 0 Å². The van der Waals surface area contributed by atoms with E-state index in [0.29, 0.717) is 19.3 Å². The van der Waals surface area contributed by atoms with Crippen molar-refractivity contribution < 1.29 is 28.6 Å². The van der Waals surface area contributed by atoms with Gasteiger partial charge >= 0.3 is 17.9 Å². The van der Waals surface area contributed by atoms with Gasteiger partial charge in [0.2, 0.25) is 0 Å². The number of hydrogen-bond donors (Lipinski definition) is 0. The number of esters is 3. The van der Waals surface area contributed by atoms with E-state index in [0.717, 1.165) is 83.5 Å². The number of rotatable bonds is 58. The maximum absolute atomic E-state index is 12.9. The molecule has 0 fully saturated rings. The summed E-state index contributed by atoms with van der Waals surface area (Å²) >= 11 is 0. The summed E-state index contributed by atoms with van der Waals surface area (Å²) < 4.78 is 16.9. The van der Waals surface area contributed by atoms with Crippen molar-refractivity contribution in [3.63, 3.8) is 0 Å². The normalized spacial score (nSPS) is 12.3. The molecule has 6 heteroatoms. The maximum Gasteiger partial charge on any atom is 0.306 e. The smallest absolute Gasteiger partial charge is 0.306 e. The molecule has 6 nitrogen and oxygen atoms in total. The highest BCUT2D eigenvalue weighted by Crippen LogP contribution is 2.17. The molecule has 1 atom stereocenters. The van der Waals surface area contributed by atoms with Gasteiger partial charge in [0.05, 0.1) is 0 Å². The Morgan fingerprint density at radius 1 is 0.278 bits per heavy atom. The summed E-state index contributed by atoms with van der Waals surface area (Å²) in [5, 5.41) is 0. The van der Waals surface area contributed by atoms with Gasteiger partial charge < -0.3 is 14.2 Å². The summed E-state index contributed by atoms with van der Waals surface area (Å²) in [7, 11) is 0. The van der Waals surface area contributed by atoms with Crippen LogP contribution < -0.4 is 0 Å². The average molecular weight is 1010 g/mol. The molecule has 0 aromatic heterocycles. The fourth-order valence-corrected chi connectivity index (χ4v) is 9.28. The quantitative estimate of drug-likeness (QED) is 0.0261. The van der Waals surface area contributed by atoms with Crippen LogP contribution in [0.1, 0.15) is 335 Å². The van der Waals surface area contributed by atoms with E-state index in [1.807, 2.05) is 0 Å². The SMILES string of the molecule is CCC/C=C\CCCCCCCC(=O)OCC(COC(=O)CCCCCCCCCCCC/C=C\C/C=C\C/C=C\CCCCCCC)OC(=O)CCCCCCCCCCCCCCCCCCCCC. The topological polar surface area (TPSA) is 78.9 Å². The standard InChI is InChI=1S/C66H120O6/c1-4-7-10-13-16-19-22-24-26-28-30-31-32-33-34-35-37-38-40-42-44-47-50-53-56-59-65(68)71-62-63(61-70-64(67)58-55-52-49-46-21-18-15-12-9-6-3)72-66(69)60-57-54-51-48-45-43-41-39-36-29-27-25-23-20-17-14-11-8-5-2/h12,15,22,24,28,30,32-33,63H,4-11,13-14,16-21,23,25-27,29,31,34-62H2,1-3H3/b15-12-,24-22-,30-28-,33-32-. The lowest BCUT2D eigenvalue weighted by Crippen LogP contribution is -2.30. The van der Waals surface area contributed by atoms with E-state index in [4.69, 9.17) is 14.2 Å². The van der Waals surface area contributed by atoms with Gasteiger partial charge in [-0.15, -0.1) is 0 Å². The van der Waals surface area contributed by atoms with Crippen LogP contribution in [0.3, 0.4) is 0 Å². The van der Waals surface area contributed by atoms with Crippen LogP contribution in [0.2, 0.25) is 0 Å². The molecule has 0 heterocycles. The summed E-state index contributed by atoms with van der Waals surface area (Å²) in [6.45, 7) is 6.60. The molecule has 0 aliphatic carbocycles. The molecule has 420 valence electrons. The Kier molecular flexibility index (Phi) is 58.7. The third kappa shape index (κ3) is 58.3. The molecule has 0 bridgehead atoms. The van der Waals surface area contributed by atoms with Crippen molar-refractivity contribution in [1.29, 1.82) is 0 Å². The van der Waals surface area contributed by atoms with Crippen molar-refractivity contribution in [2.75, 3.05) is 13.2 Å². The molecule has 0 saturated heterocycles. The number of hydrogen-bond acceptors (Lipinski definition) is 6. The Bertz CT molecular complexity index is 1250. The molecule has 0 amide bonds. The minimum Gasteiger partial charge on any atom is -0.462 e. The van der Waals surface area contributed by atoms with E-state index in [1.54, 1.807) is 0 Å². The third-order valence-corrected chi connectivity index (χ3v) is 14.0. The van der Waals surface area contributed by atoms with Crippen LogP contribution in [0.4, 0.5) is 0 Å². The molecular weight excluding hydrogens is 889 g/mol. The lowest BCUT2D eigenvalue weighted by atomic mass is 10.0. The van der Waals surface area contributed by atoms with Crippen LogP contribution in [0, 0.1) is 0 Å². The van der Waals surface area contributed by atoms with Crippen LogP contribution in [0.5, 0.6) is 0 Å². The average Bonchev–Trinajstić information content (AvgIpc) is 3.38. The number of allylic oxidation sites excluding steroid dienone is 8. The maximum atomic E-state index is 12.9. The van der Waals surface area contributed by atoms with Gasteiger partial charge in [-0.25, -0.2) is 0 Å². The summed E-state index contributed by atoms with van der Waals surface area (Å²) in [5.74, 6) is -0.870. The predicted molar refractivity (Wildman–Crippen MR) is 312 cm³/mol. The van der Waals surface area contributed by atoms with E-state index >= 15 is 0 Å². The first-order valence-electron chi connectivity index (χ1n) is 31.6. The van der Waals surface area contributed by atoms with Crippen molar-refractivity contribution in [3.8, 4) is 0 Å². The molecule has 0 spiro atoms. The minimum absolute atomic E-state index is 0.0746. The van der Waals surface area contributed by atoms with Crippen LogP contribution >= 0.6 is 0 Å². The molecule has 0 aromatic carbocycles. The first-order chi connectivity index (χ1) is 35.5. The number of unbranched alkanes of at least 4 members (excludes halogenated alkanes) is 39. The first-order valence-corrected chi connectivity index (χ1v) is 31.6. The molecule has 0 radical (unpaired) electrons. The van der Waals surface area contributed by atoms with Crippen LogP contribution in [-0.4, -0.2) is 37.2 Å². The predicted octanol–water partition coefficient (Wildman–Crippen LogP) is 21.4. The van der Waals surface area contributed by atoms with Gasteiger partial charge in [-0.1, -0.05) is 288 Å². The van der Waals surface area contributed by atoms with Crippen LogP contribution in [0.15, 0.2) is 48.6 Å². The monoisotopic (exact) mass is 1010 g/mol. The lowest BCUT2D eigenvalue weighted by Gasteiger charge is -2.18. The van der Waals surface area contributed by atoms with Crippen molar-refractivity contribution in [2.45, 2.75) is 341 Å². The Morgan fingerprint density at radius 3 is 0.847 bits per heavy atom. The number of carbonyl (C=O) groups excluding carboxylic acids is 3. The molecule has 0 saturated carbocycles. The van der Waals surface area contributed by atoms with Crippen LogP contribution in [0.25, 0.3) is 0 Å². The van der Waals surface area contributed by atoms with E-state index in [9.17, 15) is 14.4 Å². The second kappa shape index (κ2) is 60.9. The van der Waals surface area contributed by atoms with Gasteiger partial charge in [-0.3, -0.25) is 14.4 Å². The Hall–Kier alpha value is -2.63. The zero-order valence-electron chi connectivity index (χ0n) is 48.2. The second-order valence-electron chi connectivity index (χ2n) is 21.3. The van der Waals surface area contributed by atoms with E-state index in [1.165, 1.54) is 212 Å². The van der Waals surface area contributed by atoms with Crippen molar-refractivity contribution in [3.05, 3.63) is 48.6 Å². The first kappa shape index (κ1) is 69.4. The molecule has 0 rings (SSSR count). The molecule has 0 N–H and O–H groups in total. The third-order valence-electron chi connectivity index (χ3n) is 14.0. The van der Waals surface area contributed by atoms with Gasteiger partial charge in [0.1, 0.15) is 13.2 Å². The largest absolute Gasteiger partial charge is 0.462 e. The highest BCUT2D eigenvalue weighted by atomic mass is 16.6. The fourth-order valence-electron chi connectivity index (χ4n) is 9.28. The fraction of sp³-hybridized carbons (Fsp3) is 0.833. The zero-order valence-corrected chi connectivity index (χ0v) is 48.2. The number of ether oxygens (including phenoxy) is 3. The van der Waals surface area contributed by atoms with Gasteiger partial charge in [0.25, 0.3) is 0 Å². The molecule has 72 heavy (non-hydrogen) atoms. The highest BCUT2D eigenvalue weighted by molar-refractivity contribution is 5.71. The van der Waals surface area contributed by atoms with E-state index < -0.39 is 6.10 Å². The molecule has 0 aromatic rings. The molecular formula is C66H120O6. The molecule has 0 aliphatic rings. The highest BCUT2D eigenvalue weighted by Gasteiger charge is 2.19. The second-order valence-corrected chi connectivity index (χ2v) is 21.3. The van der Waals surface area contributed by atoms with Crippen molar-refractivity contribution in [2.24, 2.45) is 0 Å². The summed E-state index contributed by atoms with van der Waals surface area (Å²) in [6, 6.07) is 0. The van der Waals surface area contributed by atoms with Gasteiger partial charge in [0.15, 0.2) is 6.10 Å². The summed E-state index contributed by atoms with van der Waals surface area (Å²) in [4.78, 5) is 38.2. The number of carbonyl (C=O) groups is 3. The lowest BCUT2D eigenvalue weighted by molar-refractivity contribution is -0.167. The van der Waals surface area contributed by atoms with E-state index in [2.05, 4.69) is 69.4 Å². The summed E-state index contributed by atoms with van der Waals surface area (Å²) in [5.41, 5.74) is 0.